The fraction of sp³-hybridized carbons (Fsp3) is 0.400. The van der Waals surface area contributed by atoms with E-state index in [-0.39, 0.29) is 36.5 Å². The quantitative estimate of drug-likeness (QED) is 0.661. The number of anilines is 1. The maximum absolute atomic E-state index is 13.3. The monoisotopic (exact) mass is 468 g/mol. The summed E-state index contributed by atoms with van der Waals surface area (Å²) in [6.07, 6.45) is 2.63. The van der Waals surface area contributed by atoms with E-state index in [4.69, 9.17) is 11.6 Å². The summed E-state index contributed by atoms with van der Waals surface area (Å²) >= 11 is 5.99. The predicted molar refractivity (Wildman–Crippen MR) is 127 cm³/mol. The Morgan fingerprint density at radius 2 is 1.55 bits per heavy atom. The van der Waals surface area contributed by atoms with Gasteiger partial charge in [-0.2, -0.15) is 0 Å². The summed E-state index contributed by atoms with van der Waals surface area (Å²) in [5, 5.41) is 6.56. The van der Waals surface area contributed by atoms with Gasteiger partial charge in [0, 0.05) is 36.1 Å². The van der Waals surface area contributed by atoms with Crippen LogP contribution in [0.1, 0.15) is 50.7 Å². The molecule has 33 heavy (non-hydrogen) atoms. The number of carbonyl (C=O) groups is 3. The van der Waals surface area contributed by atoms with Crippen molar-refractivity contribution in [1.82, 2.24) is 14.9 Å². The van der Waals surface area contributed by atoms with E-state index in [0.29, 0.717) is 36.5 Å². The second-order valence-electron chi connectivity index (χ2n) is 8.85. The van der Waals surface area contributed by atoms with E-state index in [0.717, 1.165) is 17.5 Å². The van der Waals surface area contributed by atoms with Gasteiger partial charge in [-0.15, -0.1) is 0 Å². The van der Waals surface area contributed by atoms with Crippen LogP contribution in [0.5, 0.6) is 0 Å². The number of nitrogens with zero attached hydrogens (tertiary/aromatic N) is 3. The highest BCUT2D eigenvalue weighted by atomic mass is 35.5. The van der Waals surface area contributed by atoms with E-state index in [2.05, 4.69) is 12.2 Å². The van der Waals surface area contributed by atoms with Crippen molar-refractivity contribution in [2.75, 3.05) is 5.32 Å². The lowest BCUT2D eigenvalue weighted by atomic mass is 10.2. The first-order valence-electron chi connectivity index (χ1n) is 11.3. The Balaban J connectivity index is 1.47. The van der Waals surface area contributed by atoms with Crippen LogP contribution in [0.25, 0.3) is 0 Å². The minimum Gasteiger partial charge on any atom is -0.336 e. The van der Waals surface area contributed by atoms with E-state index in [1.165, 1.54) is 5.01 Å². The Kier molecular flexibility index (Phi) is 6.88. The third-order valence-electron chi connectivity index (χ3n) is 6.38. The first kappa shape index (κ1) is 23.1. The summed E-state index contributed by atoms with van der Waals surface area (Å²) < 4.78 is 0. The van der Waals surface area contributed by atoms with Gasteiger partial charge >= 0.3 is 6.03 Å². The second-order valence-corrected chi connectivity index (χ2v) is 9.28. The zero-order valence-corrected chi connectivity index (χ0v) is 19.7. The Bertz CT molecular complexity index is 1020. The average Bonchev–Trinajstić information content (AvgIpc) is 3.30. The van der Waals surface area contributed by atoms with Gasteiger partial charge in [-0.3, -0.25) is 9.59 Å². The number of amides is 4. The maximum atomic E-state index is 13.3. The summed E-state index contributed by atoms with van der Waals surface area (Å²) in [5.74, 6) is 0.119. The molecule has 4 rings (SSSR count). The lowest BCUT2D eigenvalue weighted by molar-refractivity contribution is -0.142. The van der Waals surface area contributed by atoms with Crippen molar-refractivity contribution in [3.8, 4) is 0 Å². The van der Waals surface area contributed by atoms with Crippen LogP contribution in [0.3, 0.4) is 0 Å². The minimum atomic E-state index is -0.372. The Labute approximate surface area is 199 Å². The normalized spacial score (nSPS) is 20.5. The van der Waals surface area contributed by atoms with E-state index in [1.807, 2.05) is 48.2 Å². The summed E-state index contributed by atoms with van der Waals surface area (Å²) in [6.45, 7) is 4.83. The number of likely N-dealkylation sites (tertiary alicyclic amines) is 1. The highest BCUT2D eigenvalue weighted by Crippen LogP contribution is 2.25. The molecular formula is C25H29ClN4O3. The van der Waals surface area contributed by atoms with Gasteiger partial charge in [-0.25, -0.2) is 14.8 Å². The molecule has 0 saturated carbocycles. The molecule has 8 heteroatoms. The molecule has 0 spiro atoms. The van der Waals surface area contributed by atoms with E-state index in [9.17, 15) is 14.4 Å². The molecule has 2 atom stereocenters. The van der Waals surface area contributed by atoms with Crippen molar-refractivity contribution in [2.24, 2.45) is 0 Å². The van der Waals surface area contributed by atoms with Gasteiger partial charge in [0.05, 0.1) is 12.6 Å². The molecule has 2 heterocycles. The summed E-state index contributed by atoms with van der Waals surface area (Å²) in [4.78, 5) is 39.7. The molecule has 2 unspecified atom stereocenters. The molecule has 7 nitrogen and oxygen atoms in total. The predicted octanol–water partition coefficient (Wildman–Crippen LogP) is 4.81. The first-order chi connectivity index (χ1) is 15.8. The van der Waals surface area contributed by atoms with Gasteiger partial charge in [0.15, 0.2) is 0 Å². The van der Waals surface area contributed by atoms with Crippen LogP contribution in [-0.2, 0) is 22.7 Å². The van der Waals surface area contributed by atoms with Crippen LogP contribution in [0, 0.1) is 0 Å². The summed E-state index contributed by atoms with van der Waals surface area (Å²) in [5.41, 5.74) is 2.52. The van der Waals surface area contributed by atoms with Crippen molar-refractivity contribution in [1.29, 1.82) is 0 Å². The lowest BCUT2D eigenvalue weighted by Gasteiger charge is -2.35. The molecule has 2 aliphatic rings. The molecule has 1 N–H and O–H groups in total. The van der Waals surface area contributed by atoms with Crippen LogP contribution in [0.15, 0.2) is 48.5 Å². The average molecular weight is 469 g/mol. The van der Waals surface area contributed by atoms with Crippen molar-refractivity contribution in [3.63, 3.8) is 0 Å². The van der Waals surface area contributed by atoms with Crippen molar-refractivity contribution in [2.45, 2.75) is 64.7 Å². The molecule has 4 amide bonds. The summed E-state index contributed by atoms with van der Waals surface area (Å²) in [7, 11) is 0. The molecule has 0 aliphatic carbocycles. The fourth-order valence-corrected chi connectivity index (χ4v) is 4.52. The second kappa shape index (κ2) is 9.83. The number of hydrazine groups is 1. The van der Waals surface area contributed by atoms with Gasteiger partial charge in [-0.1, -0.05) is 35.9 Å². The van der Waals surface area contributed by atoms with Gasteiger partial charge in [0.1, 0.15) is 0 Å². The molecule has 0 aromatic heterocycles. The Morgan fingerprint density at radius 3 is 2.12 bits per heavy atom. The Morgan fingerprint density at radius 1 is 0.939 bits per heavy atom. The molecule has 0 bridgehead atoms. The maximum Gasteiger partial charge on any atom is 0.341 e. The summed E-state index contributed by atoms with van der Waals surface area (Å²) in [6, 6.07) is 14.6. The van der Waals surface area contributed by atoms with Gasteiger partial charge in [0.2, 0.25) is 11.8 Å². The molecule has 2 saturated heterocycles. The number of urea groups is 1. The third-order valence-corrected chi connectivity index (χ3v) is 6.63. The van der Waals surface area contributed by atoms with Crippen LogP contribution in [0.4, 0.5) is 10.5 Å². The molecule has 2 fully saturated rings. The number of hydrogen-bond acceptors (Lipinski definition) is 3. The molecule has 2 aromatic rings. The number of halogens is 1. The largest absolute Gasteiger partial charge is 0.341 e. The first-order valence-corrected chi connectivity index (χ1v) is 11.7. The van der Waals surface area contributed by atoms with Crippen molar-refractivity contribution in [3.05, 3.63) is 64.7 Å². The smallest absolute Gasteiger partial charge is 0.336 e. The zero-order valence-electron chi connectivity index (χ0n) is 19.0. The van der Waals surface area contributed by atoms with Gasteiger partial charge in [-0.05, 0) is 62.1 Å². The van der Waals surface area contributed by atoms with Crippen molar-refractivity contribution < 1.29 is 14.4 Å². The Hall–Kier alpha value is -3.06. The number of benzene rings is 2. The number of hydrogen-bond donors (Lipinski definition) is 1. The fourth-order valence-electron chi connectivity index (χ4n) is 4.40. The minimum absolute atomic E-state index is 0.0575. The highest BCUT2D eigenvalue weighted by Gasteiger charge is 2.35. The van der Waals surface area contributed by atoms with Crippen LogP contribution >= 0.6 is 11.6 Å². The standard InChI is InChI=1S/C25H29ClN4O3/c1-17-3-13-23(31)28(17)15-19-7-11-22(12-8-19)27-25(33)29(30-18(2)4-14-24(30)32)16-20-5-9-21(26)10-6-20/h5-12,17-18H,3-4,13-16H2,1-2H3,(H,27,33). The van der Waals surface area contributed by atoms with E-state index < -0.39 is 0 Å². The number of rotatable bonds is 6. The number of carbonyl (C=O) groups excluding carboxylic acids is 3. The molecule has 2 aromatic carbocycles. The molecule has 174 valence electrons. The zero-order chi connectivity index (χ0) is 23.5. The molecular weight excluding hydrogens is 440 g/mol. The molecule has 2 aliphatic heterocycles. The van der Waals surface area contributed by atoms with Crippen molar-refractivity contribution >= 4 is 35.1 Å². The molecule has 0 radical (unpaired) electrons. The third kappa shape index (κ3) is 5.30. The van der Waals surface area contributed by atoms with E-state index >= 15 is 0 Å². The van der Waals surface area contributed by atoms with Gasteiger partial charge in [0.25, 0.3) is 0 Å². The van der Waals surface area contributed by atoms with Crippen LogP contribution in [-0.4, -0.2) is 44.8 Å². The van der Waals surface area contributed by atoms with Crippen LogP contribution in [0.2, 0.25) is 5.02 Å². The topological polar surface area (TPSA) is 73.0 Å². The van der Waals surface area contributed by atoms with E-state index in [1.54, 1.807) is 17.1 Å². The van der Waals surface area contributed by atoms with Crippen LogP contribution < -0.4 is 5.32 Å². The highest BCUT2D eigenvalue weighted by molar-refractivity contribution is 6.30. The number of nitrogens with one attached hydrogen (secondary N) is 1. The SMILES string of the molecule is CC1CCC(=O)N1Cc1ccc(NC(=O)N(Cc2ccc(Cl)cc2)N2C(=O)CCC2C)cc1. The lowest BCUT2D eigenvalue weighted by Crippen LogP contribution is -2.51. The van der Waals surface area contributed by atoms with Gasteiger partial charge < -0.3 is 10.2 Å².